The highest BCUT2D eigenvalue weighted by Gasteiger charge is 2.15. The van der Waals surface area contributed by atoms with Crippen molar-refractivity contribution < 1.29 is 9.53 Å². The third kappa shape index (κ3) is 7.33. The SMILES string of the molecule is CC(C)(C)OC(=O)NCCCCCn1cc(N)cn1. The maximum atomic E-state index is 11.4. The molecule has 0 saturated heterocycles. The Bertz CT molecular complexity index is 396. The van der Waals surface area contributed by atoms with Gasteiger partial charge in [0.2, 0.25) is 0 Å². The highest BCUT2D eigenvalue weighted by molar-refractivity contribution is 5.67. The molecule has 6 nitrogen and oxygen atoms in total. The van der Waals surface area contributed by atoms with E-state index in [0.717, 1.165) is 25.8 Å². The molecule has 1 amide bonds. The quantitative estimate of drug-likeness (QED) is 0.774. The summed E-state index contributed by atoms with van der Waals surface area (Å²) in [5.41, 5.74) is 5.82. The second-order valence-electron chi connectivity index (χ2n) is 5.53. The Morgan fingerprint density at radius 1 is 1.42 bits per heavy atom. The zero-order chi connectivity index (χ0) is 14.3. The minimum Gasteiger partial charge on any atom is -0.444 e. The number of anilines is 1. The highest BCUT2D eigenvalue weighted by atomic mass is 16.6. The van der Waals surface area contributed by atoms with Gasteiger partial charge in [0.05, 0.1) is 11.9 Å². The maximum Gasteiger partial charge on any atom is 0.407 e. The lowest BCUT2D eigenvalue weighted by Crippen LogP contribution is -2.33. The number of unbranched alkanes of at least 4 members (excludes halogenated alkanes) is 2. The fraction of sp³-hybridized carbons (Fsp3) is 0.692. The smallest absolute Gasteiger partial charge is 0.407 e. The van der Waals surface area contributed by atoms with Gasteiger partial charge < -0.3 is 15.8 Å². The van der Waals surface area contributed by atoms with Crippen molar-refractivity contribution in [2.75, 3.05) is 12.3 Å². The molecule has 0 aliphatic heterocycles. The third-order valence-electron chi connectivity index (χ3n) is 2.39. The lowest BCUT2D eigenvalue weighted by atomic mass is 10.2. The van der Waals surface area contributed by atoms with Gasteiger partial charge in [0.15, 0.2) is 0 Å². The molecule has 1 aromatic heterocycles. The van der Waals surface area contributed by atoms with Gasteiger partial charge in [-0.1, -0.05) is 0 Å². The molecule has 0 aliphatic carbocycles. The molecule has 0 spiro atoms. The van der Waals surface area contributed by atoms with Crippen molar-refractivity contribution in [2.45, 2.75) is 52.2 Å². The Morgan fingerprint density at radius 2 is 2.16 bits per heavy atom. The number of aryl methyl sites for hydroxylation is 1. The number of carbonyl (C=O) groups excluding carboxylic acids is 1. The molecule has 19 heavy (non-hydrogen) atoms. The van der Waals surface area contributed by atoms with Crippen LogP contribution in [0, 0.1) is 0 Å². The van der Waals surface area contributed by atoms with Crippen LogP contribution < -0.4 is 11.1 Å². The minimum absolute atomic E-state index is 0.354. The number of hydrogen-bond donors (Lipinski definition) is 2. The normalized spacial score (nSPS) is 11.3. The number of ether oxygens (including phenoxy) is 1. The second-order valence-corrected chi connectivity index (χ2v) is 5.53. The molecule has 1 heterocycles. The predicted octanol–water partition coefficient (Wildman–Crippen LogP) is 2.16. The molecule has 1 aromatic rings. The van der Waals surface area contributed by atoms with Crippen LogP contribution in [0.15, 0.2) is 12.4 Å². The van der Waals surface area contributed by atoms with Crippen LogP contribution >= 0.6 is 0 Å². The van der Waals surface area contributed by atoms with E-state index in [1.54, 1.807) is 6.20 Å². The maximum absolute atomic E-state index is 11.4. The standard InChI is InChI=1S/C13H24N4O2/c1-13(2,3)19-12(18)15-7-5-4-6-8-17-10-11(14)9-16-17/h9-10H,4-8,14H2,1-3H3,(H,15,18). The Kier molecular flexibility index (Phi) is 5.66. The van der Waals surface area contributed by atoms with E-state index in [4.69, 9.17) is 10.5 Å². The van der Waals surface area contributed by atoms with E-state index in [2.05, 4.69) is 10.4 Å². The van der Waals surface area contributed by atoms with Crippen molar-refractivity contribution in [1.29, 1.82) is 0 Å². The fourth-order valence-electron chi connectivity index (χ4n) is 1.58. The molecule has 0 radical (unpaired) electrons. The molecule has 0 unspecified atom stereocenters. The number of nitrogens with two attached hydrogens (primary N) is 1. The first kappa shape index (κ1) is 15.3. The molecule has 1 rings (SSSR count). The summed E-state index contributed by atoms with van der Waals surface area (Å²) in [7, 11) is 0. The topological polar surface area (TPSA) is 82.2 Å². The first-order valence-electron chi connectivity index (χ1n) is 6.61. The average Bonchev–Trinajstić information content (AvgIpc) is 2.67. The Hall–Kier alpha value is -1.72. The summed E-state index contributed by atoms with van der Waals surface area (Å²) >= 11 is 0. The number of nitrogens with one attached hydrogen (secondary N) is 1. The Balaban J connectivity index is 2.01. The van der Waals surface area contributed by atoms with Gasteiger partial charge in [0.1, 0.15) is 5.60 Å². The van der Waals surface area contributed by atoms with Gasteiger partial charge in [-0.05, 0) is 40.0 Å². The molecule has 0 fully saturated rings. The molecule has 0 aliphatic rings. The van der Waals surface area contributed by atoms with E-state index in [-0.39, 0.29) is 6.09 Å². The fourth-order valence-corrected chi connectivity index (χ4v) is 1.58. The van der Waals surface area contributed by atoms with E-state index in [1.807, 2.05) is 31.6 Å². The number of rotatable bonds is 6. The monoisotopic (exact) mass is 268 g/mol. The number of hydrogen-bond acceptors (Lipinski definition) is 4. The molecule has 0 bridgehead atoms. The number of amides is 1. The van der Waals surface area contributed by atoms with Gasteiger partial charge in [0, 0.05) is 19.3 Å². The number of nitrogen functional groups attached to an aromatic ring is 1. The summed E-state index contributed by atoms with van der Waals surface area (Å²) in [5.74, 6) is 0. The molecule has 3 N–H and O–H groups in total. The molecule has 108 valence electrons. The van der Waals surface area contributed by atoms with Gasteiger partial charge in [-0.3, -0.25) is 4.68 Å². The first-order chi connectivity index (χ1) is 8.87. The van der Waals surface area contributed by atoms with Crippen LogP contribution in [0.5, 0.6) is 0 Å². The van der Waals surface area contributed by atoms with Crippen molar-refractivity contribution in [3.05, 3.63) is 12.4 Å². The molecule has 0 aromatic carbocycles. The lowest BCUT2D eigenvalue weighted by Gasteiger charge is -2.19. The summed E-state index contributed by atoms with van der Waals surface area (Å²) in [6.45, 7) is 7.03. The first-order valence-corrected chi connectivity index (χ1v) is 6.61. The predicted molar refractivity (Wildman–Crippen MR) is 74.7 cm³/mol. The van der Waals surface area contributed by atoms with Gasteiger partial charge in [-0.25, -0.2) is 4.79 Å². The average molecular weight is 268 g/mol. The van der Waals surface area contributed by atoms with Crippen LogP contribution in [0.1, 0.15) is 40.0 Å². The summed E-state index contributed by atoms with van der Waals surface area (Å²) in [5, 5.41) is 6.84. The van der Waals surface area contributed by atoms with Gasteiger partial charge in [-0.15, -0.1) is 0 Å². The summed E-state index contributed by atoms with van der Waals surface area (Å²) in [4.78, 5) is 11.4. The third-order valence-corrected chi connectivity index (χ3v) is 2.39. The molecule has 6 heteroatoms. The summed E-state index contributed by atoms with van der Waals surface area (Å²) in [6.07, 6.45) is 6.07. The van der Waals surface area contributed by atoms with Crippen LogP contribution in [0.25, 0.3) is 0 Å². The van der Waals surface area contributed by atoms with Crippen molar-refractivity contribution >= 4 is 11.8 Å². The molecule has 0 atom stereocenters. The van der Waals surface area contributed by atoms with E-state index < -0.39 is 5.60 Å². The van der Waals surface area contributed by atoms with Crippen molar-refractivity contribution in [1.82, 2.24) is 15.1 Å². The van der Waals surface area contributed by atoms with E-state index in [9.17, 15) is 4.79 Å². The van der Waals surface area contributed by atoms with Gasteiger partial charge in [-0.2, -0.15) is 5.10 Å². The zero-order valence-corrected chi connectivity index (χ0v) is 12.0. The van der Waals surface area contributed by atoms with Crippen molar-refractivity contribution in [3.8, 4) is 0 Å². The van der Waals surface area contributed by atoms with E-state index in [0.29, 0.717) is 12.2 Å². The number of alkyl carbamates (subject to hydrolysis) is 1. The van der Waals surface area contributed by atoms with Gasteiger partial charge in [0.25, 0.3) is 0 Å². The molecular formula is C13H24N4O2. The number of aromatic nitrogens is 2. The van der Waals surface area contributed by atoms with Crippen molar-refractivity contribution in [2.24, 2.45) is 0 Å². The van der Waals surface area contributed by atoms with Crippen LogP contribution in [0.2, 0.25) is 0 Å². The summed E-state index contributed by atoms with van der Waals surface area (Å²) < 4.78 is 6.97. The largest absolute Gasteiger partial charge is 0.444 e. The highest BCUT2D eigenvalue weighted by Crippen LogP contribution is 2.06. The molecule has 0 saturated carbocycles. The van der Waals surface area contributed by atoms with Gasteiger partial charge >= 0.3 is 6.09 Å². The Morgan fingerprint density at radius 3 is 2.74 bits per heavy atom. The van der Waals surface area contributed by atoms with Crippen LogP contribution in [-0.4, -0.2) is 28.0 Å². The number of carbonyl (C=O) groups is 1. The number of nitrogens with zero attached hydrogens (tertiary/aromatic N) is 2. The minimum atomic E-state index is -0.440. The zero-order valence-electron chi connectivity index (χ0n) is 12.0. The van der Waals surface area contributed by atoms with Crippen LogP contribution in [-0.2, 0) is 11.3 Å². The van der Waals surface area contributed by atoms with Crippen molar-refractivity contribution in [3.63, 3.8) is 0 Å². The summed E-state index contributed by atoms with van der Waals surface area (Å²) in [6, 6.07) is 0. The van der Waals surface area contributed by atoms with Crippen LogP contribution in [0.3, 0.4) is 0 Å². The lowest BCUT2D eigenvalue weighted by molar-refractivity contribution is 0.0527. The molecular weight excluding hydrogens is 244 g/mol. The van der Waals surface area contributed by atoms with E-state index >= 15 is 0 Å². The van der Waals surface area contributed by atoms with E-state index in [1.165, 1.54) is 0 Å². The van der Waals surface area contributed by atoms with Crippen LogP contribution in [0.4, 0.5) is 10.5 Å². The Labute approximate surface area is 114 Å². The second kappa shape index (κ2) is 7.01.